The Bertz CT molecular complexity index is 1010. The zero-order valence-electron chi connectivity index (χ0n) is 20.9. The molecule has 2 heterocycles. The molecule has 0 spiro atoms. The Morgan fingerprint density at radius 1 is 1.12 bits per heavy atom. The lowest BCUT2D eigenvalue weighted by Gasteiger charge is -2.35. The summed E-state index contributed by atoms with van der Waals surface area (Å²) in [5.41, 5.74) is 4.59. The molecule has 1 aliphatic carbocycles. The standard InChI is InChI=1S/C27H38N4O2S/c1-17-12-13-21(18(2)15-17)22-16-34-26(29-22)23-11-8-14-31(23)27(33)24(20-9-6-5-7-10-20)30-25(32)19(3)28-4/h12-13,15-16,19-20,23-24,28H,5-11,14H2,1-4H3,(H,30,32)/t19-,23-,24-/m0/s1. The van der Waals surface area contributed by atoms with Crippen LogP contribution in [0.15, 0.2) is 23.6 Å². The SMILES string of the molecule is CN[C@@H](C)C(=O)N[C@H](C(=O)N1CCC[C@H]1c1nc(-c2ccc(C)cc2C)cs1)C1CCCCC1. The lowest BCUT2D eigenvalue weighted by Crippen LogP contribution is -2.55. The number of likely N-dealkylation sites (N-methyl/N-ethyl adjacent to an activating group) is 1. The molecule has 3 atom stereocenters. The van der Waals surface area contributed by atoms with E-state index in [0.29, 0.717) is 0 Å². The highest BCUT2D eigenvalue weighted by Gasteiger charge is 2.40. The lowest BCUT2D eigenvalue weighted by atomic mass is 9.83. The van der Waals surface area contributed by atoms with Crippen LogP contribution in [0.2, 0.25) is 0 Å². The molecule has 2 fully saturated rings. The van der Waals surface area contributed by atoms with Crippen molar-refractivity contribution in [3.05, 3.63) is 39.7 Å². The number of nitrogens with zero attached hydrogens (tertiary/aromatic N) is 2. The summed E-state index contributed by atoms with van der Waals surface area (Å²) >= 11 is 1.64. The first-order valence-corrected chi connectivity index (χ1v) is 13.6. The predicted molar refractivity (Wildman–Crippen MR) is 138 cm³/mol. The molecule has 2 aliphatic rings. The molecule has 1 saturated heterocycles. The van der Waals surface area contributed by atoms with Crippen LogP contribution in [-0.4, -0.2) is 47.4 Å². The first-order valence-electron chi connectivity index (χ1n) is 12.7. The van der Waals surface area contributed by atoms with Crippen LogP contribution in [0.3, 0.4) is 0 Å². The van der Waals surface area contributed by atoms with E-state index in [4.69, 9.17) is 4.98 Å². The van der Waals surface area contributed by atoms with Gasteiger partial charge in [0.25, 0.3) is 0 Å². The summed E-state index contributed by atoms with van der Waals surface area (Å²) in [6, 6.07) is 5.65. The number of carbonyl (C=O) groups is 2. The largest absolute Gasteiger partial charge is 0.343 e. The smallest absolute Gasteiger partial charge is 0.246 e. The van der Waals surface area contributed by atoms with Gasteiger partial charge in [-0.1, -0.05) is 43.0 Å². The van der Waals surface area contributed by atoms with Gasteiger partial charge in [0.1, 0.15) is 11.0 Å². The Kier molecular flexibility index (Phi) is 8.04. The summed E-state index contributed by atoms with van der Waals surface area (Å²) in [6.07, 6.45) is 7.35. The third-order valence-electron chi connectivity index (χ3n) is 7.51. The molecular weight excluding hydrogens is 444 g/mol. The molecule has 4 rings (SSSR count). The van der Waals surface area contributed by atoms with Gasteiger partial charge >= 0.3 is 0 Å². The van der Waals surface area contributed by atoms with Gasteiger partial charge in [-0.2, -0.15) is 0 Å². The molecular formula is C27H38N4O2S. The Labute approximate surface area is 207 Å². The molecule has 1 aromatic carbocycles. The van der Waals surface area contributed by atoms with Crippen LogP contribution in [0.1, 0.15) is 74.0 Å². The highest BCUT2D eigenvalue weighted by molar-refractivity contribution is 7.10. The normalized spacial score (nSPS) is 20.8. The molecule has 0 unspecified atom stereocenters. The van der Waals surface area contributed by atoms with Crippen LogP contribution in [0.5, 0.6) is 0 Å². The lowest BCUT2D eigenvalue weighted by molar-refractivity contribution is -0.139. The maximum absolute atomic E-state index is 13.9. The van der Waals surface area contributed by atoms with Crippen molar-refractivity contribution in [1.29, 1.82) is 0 Å². The second-order valence-corrected chi connectivity index (χ2v) is 10.9. The molecule has 1 saturated carbocycles. The van der Waals surface area contributed by atoms with Gasteiger partial charge in [-0.05, 0) is 65.0 Å². The maximum Gasteiger partial charge on any atom is 0.246 e. The fourth-order valence-electron chi connectivity index (χ4n) is 5.39. The Morgan fingerprint density at radius 3 is 2.59 bits per heavy atom. The van der Waals surface area contributed by atoms with E-state index in [1.165, 1.54) is 17.5 Å². The fourth-order valence-corrected chi connectivity index (χ4v) is 6.35. The second kappa shape index (κ2) is 11.0. The van der Waals surface area contributed by atoms with Crippen molar-refractivity contribution in [3.8, 4) is 11.3 Å². The number of benzene rings is 1. The van der Waals surface area contributed by atoms with Crippen molar-refractivity contribution < 1.29 is 9.59 Å². The first-order chi connectivity index (χ1) is 16.4. The van der Waals surface area contributed by atoms with Crippen molar-refractivity contribution in [3.63, 3.8) is 0 Å². The highest BCUT2D eigenvalue weighted by Crippen LogP contribution is 2.38. The summed E-state index contributed by atoms with van der Waals surface area (Å²) in [4.78, 5) is 33.7. The van der Waals surface area contributed by atoms with Crippen molar-refractivity contribution >= 4 is 23.2 Å². The van der Waals surface area contributed by atoms with Crippen molar-refractivity contribution in [1.82, 2.24) is 20.5 Å². The number of rotatable bonds is 7. The van der Waals surface area contributed by atoms with Gasteiger partial charge in [0.05, 0.1) is 17.8 Å². The van der Waals surface area contributed by atoms with Crippen LogP contribution in [0.25, 0.3) is 11.3 Å². The fraction of sp³-hybridized carbons (Fsp3) is 0.593. The van der Waals surface area contributed by atoms with E-state index in [1.54, 1.807) is 18.4 Å². The van der Waals surface area contributed by atoms with Gasteiger partial charge in [-0.15, -0.1) is 11.3 Å². The molecule has 34 heavy (non-hydrogen) atoms. The summed E-state index contributed by atoms with van der Waals surface area (Å²) in [5.74, 6) is 0.167. The number of likely N-dealkylation sites (tertiary alicyclic amines) is 1. The van der Waals surface area contributed by atoms with E-state index >= 15 is 0 Å². The van der Waals surface area contributed by atoms with Crippen LogP contribution in [-0.2, 0) is 9.59 Å². The number of nitrogens with one attached hydrogen (secondary N) is 2. The minimum atomic E-state index is -0.456. The highest BCUT2D eigenvalue weighted by atomic mass is 32.1. The molecule has 2 aromatic rings. The molecule has 7 heteroatoms. The van der Waals surface area contributed by atoms with Crippen LogP contribution in [0, 0.1) is 19.8 Å². The van der Waals surface area contributed by atoms with Gasteiger partial charge in [0.2, 0.25) is 11.8 Å². The van der Waals surface area contributed by atoms with Crippen molar-refractivity contribution in [2.45, 2.75) is 83.8 Å². The van der Waals surface area contributed by atoms with Crippen LogP contribution >= 0.6 is 11.3 Å². The summed E-state index contributed by atoms with van der Waals surface area (Å²) in [7, 11) is 1.77. The minimum Gasteiger partial charge on any atom is -0.343 e. The number of amides is 2. The van der Waals surface area contributed by atoms with Gasteiger partial charge in [0.15, 0.2) is 0 Å². The Morgan fingerprint density at radius 2 is 1.88 bits per heavy atom. The van der Waals surface area contributed by atoms with Crippen LogP contribution in [0.4, 0.5) is 0 Å². The van der Waals surface area contributed by atoms with Gasteiger partial charge in [0, 0.05) is 17.5 Å². The number of hydrogen-bond acceptors (Lipinski definition) is 5. The summed E-state index contributed by atoms with van der Waals surface area (Å²) < 4.78 is 0. The molecule has 2 N–H and O–H groups in total. The summed E-state index contributed by atoms with van der Waals surface area (Å²) in [5, 5.41) is 9.23. The van der Waals surface area contributed by atoms with E-state index in [-0.39, 0.29) is 29.8 Å². The second-order valence-electron chi connectivity index (χ2n) is 9.97. The molecule has 0 radical (unpaired) electrons. The maximum atomic E-state index is 13.9. The quantitative estimate of drug-likeness (QED) is 0.597. The van der Waals surface area contributed by atoms with Gasteiger partial charge in [-0.3, -0.25) is 9.59 Å². The third-order valence-corrected chi connectivity index (χ3v) is 8.46. The molecule has 0 bridgehead atoms. The average molecular weight is 483 g/mol. The number of hydrogen-bond donors (Lipinski definition) is 2. The number of aromatic nitrogens is 1. The zero-order valence-corrected chi connectivity index (χ0v) is 21.7. The van der Waals surface area contributed by atoms with Gasteiger partial charge in [-0.25, -0.2) is 4.98 Å². The van der Waals surface area contributed by atoms with Crippen molar-refractivity contribution in [2.75, 3.05) is 13.6 Å². The molecule has 2 amide bonds. The average Bonchev–Trinajstić information content (AvgIpc) is 3.52. The topological polar surface area (TPSA) is 74.3 Å². The van der Waals surface area contributed by atoms with E-state index in [0.717, 1.165) is 61.3 Å². The van der Waals surface area contributed by atoms with E-state index in [1.807, 2.05) is 11.8 Å². The van der Waals surface area contributed by atoms with E-state index in [2.05, 4.69) is 48.1 Å². The number of carbonyl (C=O) groups excluding carboxylic acids is 2. The molecule has 184 valence electrons. The van der Waals surface area contributed by atoms with Gasteiger partial charge < -0.3 is 15.5 Å². The zero-order chi connectivity index (χ0) is 24.2. The molecule has 6 nitrogen and oxygen atoms in total. The Hall–Kier alpha value is -2.25. The minimum absolute atomic E-state index is 0.0123. The summed E-state index contributed by atoms with van der Waals surface area (Å²) in [6.45, 7) is 6.78. The third kappa shape index (κ3) is 5.36. The van der Waals surface area contributed by atoms with Crippen molar-refractivity contribution in [2.24, 2.45) is 5.92 Å². The van der Waals surface area contributed by atoms with E-state index in [9.17, 15) is 9.59 Å². The number of aryl methyl sites for hydroxylation is 2. The molecule has 1 aliphatic heterocycles. The monoisotopic (exact) mass is 482 g/mol. The molecule has 1 aromatic heterocycles. The first kappa shape index (κ1) is 24.9. The Balaban J connectivity index is 1.56. The predicted octanol–water partition coefficient (Wildman–Crippen LogP) is 4.76. The van der Waals surface area contributed by atoms with Crippen LogP contribution < -0.4 is 10.6 Å². The number of thiazole rings is 1. The van der Waals surface area contributed by atoms with E-state index < -0.39 is 6.04 Å².